The van der Waals surface area contributed by atoms with Gasteiger partial charge in [0, 0.05) is 11.5 Å². The molecule has 3 nitrogen and oxygen atoms in total. The monoisotopic (exact) mass is 332 g/mol. The lowest BCUT2D eigenvalue weighted by Gasteiger charge is -2.34. The van der Waals surface area contributed by atoms with E-state index in [-0.39, 0.29) is 12.0 Å². The van der Waals surface area contributed by atoms with Gasteiger partial charge in [0.05, 0.1) is 12.7 Å². The molecule has 0 radical (unpaired) electrons. The summed E-state index contributed by atoms with van der Waals surface area (Å²) in [5.41, 5.74) is 2.10. The molecule has 2 N–H and O–H groups in total. The van der Waals surface area contributed by atoms with Gasteiger partial charge >= 0.3 is 0 Å². The molecule has 1 aromatic carbocycles. The van der Waals surface area contributed by atoms with Crippen LogP contribution in [-0.2, 0) is 0 Å². The summed E-state index contributed by atoms with van der Waals surface area (Å²) in [7, 11) is 0. The molecule has 2 unspecified atom stereocenters. The van der Waals surface area contributed by atoms with E-state index in [1.807, 2.05) is 6.07 Å². The number of ether oxygens (including phenoxy) is 1. The Kier molecular flexibility index (Phi) is 5.39. The number of fused-ring (bicyclic) bond motifs is 3. The Hall–Kier alpha value is -1.22. The predicted octanol–water partition coefficient (Wildman–Crippen LogP) is 4.96. The Labute approximate surface area is 146 Å². The van der Waals surface area contributed by atoms with Gasteiger partial charge in [0.2, 0.25) is 0 Å². The first kappa shape index (κ1) is 17.6. The summed E-state index contributed by atoms with van der Waals surface area (Å²) in [4.78, 5) is 0. The van der Waals surface area contributed by atoms with Gasteiger partial charge in [-0.05, 0) is 54.7 Å². The van der Waals surface area contributed by atoms with E-state index in [9.17, 15) is 10.2 Å². The fourth-order valence-electron chi connectivity index (χ4n) is 4.59. The molecule has 0 aromatic heterocycles. The number of benzene rings is 1. The van der Waals surface area contributed by atoms with Crippen molar-refractivity contribution in [2.75, 3.05) is 6.61 Å². The van der Waals surface area contributed by atoms with Crippen molar-refractivity contribution in [1.29, 1.82) is 0 Å². The molecule has 1 aliphatic heterocycles. The summed E-state index contributed by atoms with van der Waals surface area (Å²) < 4.78 is 6.05. The molecule has 0 amide bonds. The highest BCUT2D eigenvalue weighted by Crippen LogP contribution is 2.49. The number of phenols is 1. The van der Waals surface area contributed by atoms with E-state index in [1.165, 1.54) is 18.4 Å². The van der Waals surface area contributed by atoms with E-state index in [0.717, 1.165) is 37.0 Å². The summed E-state index contributed by atoms with van der Waals surface area (Å²) in [5.74, 6) is 2.84. The first-order chi connectivity index (χ1) is 11.5. The molecule has 1 saturated carbocycles. The lowest BCUT2D eigenvalue weighted by molar-refractivity contribution is 0.132. The van der Waals surface area contributed by atoms with Gasteiger partial charge in [-0.15, -0.1) is 0 Å². The van der Waals surface area contributed by atoms with Crippen LogP contribution in [0.15, 0.2) is 12.1 Å². The maximum atomic E-state index is 10.8. The number of aliphatic hydroxyl groups is 1. The Balaban J connectivity index is 1.92. The molecule has 0 bridgehead atoms. The second-order valence-electron chi connectivity index (χ2n) is 8.00. The second-order valence-corrected chi connectivity index (χ2v) is 8.00. The highest BCUT2D eigenvalue weighted by molar-refractivity contribution is 5.51. The molecule has 1 aliphatic carbocycles. The number of rotatable bonds is 4. The molecule has 3 heteroatoms. The fourth-order valence-corrected chi connectivity index (χ4v) is 4.59. The van der Waals surface area contributed by atoms with E-state index < -0.39 is 0 Å². The standard InChI is InChI=1S/C21H32O3/c1-4-6-13(2)14(3)16-9-19(23)21-18-11-17(22)8-5-7-15(18)12-24-20(21)10-16/h9-10,13-15,17-18,22-23H,4-8,11-12H2,1-3H3/t13?,14?,15-,17+,18+/m0/s1. The molecule has 3 rings (SSSR count). The summed E-state index contributed by atoms with van der Waals surface area (Å²) >= 11 is 0. The maximum Gasteiger partial charge on any atom is 0.126 e. The van der Waals surface area contributed by atoms with Crippen LogP contribution in [0, 0.1) is 11.8 Å². The molecule has 0 saturated heterocycles. The maximum absolute atomic E-state index is 10.8. The SMILES string of the molecule is CCCC(C)C(C)c1cc(O)c2c(c1)OC[C@@H]1CCC[C@@H](O)C[C@@H]21. The molecule has 134 valence electrons. The number of aromatic hydroxyl groups is 1. The Bertz CT molecular complexity index is 568. The highest BCUT2D eigenvalue weighted by atomic mass is 16.5. The van der Waals surface area contributed by atoms with Crippen molar-refractivity contribution in [3.63, 3.8) is 0 Å². The van der Waals surface area contributed by atoms with Gasteiger partial charge in [-0.25, -0.2) is 0 Å². The second kappa shape index (κ2) is 7.35. The Morgan fingerprint density at radius 3 is 2.79 bits per heavy atom. The third-order valence-corrected chi connectivity index (χ3v) is 6.30. The van der Waals surface area contributed by atoms with Gasteiger partial charge in [0.1, 0.15) is 11.5 Å². The molecule has 24 heavy (non-hydrogen) atoms. The van der Waals surface area contributed by atoms with Crippen LogP contribution in [0.3, 0.4) is 0 Å². The largest absolute Gasteiger partial charge is 0.508 e. The summed E-state index contributed by atoms with van der Waals surface area (Å²) in [6, 6.07) is 4.08. The van der Waals surface area contributed by atoms with Crippen molar-refractivity contribution in [3.8, 4) is 11.5 Å². The topological polar surface area (TPSA) is 49.7 Å². The van der Waals surface area contributed by atoms with Gasteiger partial charge in [0.15, 0.2) is 0 Å². The minimum atomic E-state index is -0.256. The zero-order valence-corrected chi connectivity index (χ0v) is 15.3. The van der Waals surface area contributed by atoms with Crippen LogP contribution in [0.1, 0.15) is 82.3 Å². The minimum absolute atomic E-state index is 0.226. The van der Waals surface area contributed by atoms with Crippen molar-refractivity contribution >= 4 is 0 Å². The van der Waals surface area contributed by atoms with Gasteiger partial charge in [-0.2, -0.15) is 0 Å². The van der Waals surface area contributed by atoms with Gasteiger partial charge in [0.25, 0.3) is 0 Å². The van der Waals surface area contributed by atoms with E-state index >= 15 is 0 Å². The smallest absolute Gasteiger partial charge is 0.126 e. The molecular weight excluding hydrogens is 300 g/mol. The van der Waals surface area contributed by atoms with Crippen LogP contribution in [-0.4, -0.2) is 22.9 Å². The lowest BCUT2D eigenvalue weighted by atomic mass is 9.78. The van der Waals surface area contributed by atoms with E-state index in [0.29, 0.717) is 30.1 Å². The Morgan fingerprint density at radius 1 is 1.25 bits per heavy atom. The van der Waals surface area contributed by atoms with Crippen LogP contribution in [0.2, 0.25) is 0 Å². The zero-order valence-electron chi connectivity index (χ0n) is 15.3. The zero-order chi connectivity index (χ0) is 17.3. The van der Waals surface area contributed by atoms with Crippen LogP contribution >= 0.6 is 0 Å². The summed E-state index contributed by atoms with van der Waals surface area (Å²) in [5, 5.41) is 20.9. The van der Waals surface area contributed by atoms with Crippen molar-refractivity contribution in [2.45, 2.75) is 77.2 Å². The molecule has 1 fully saturated rings. The van der Waals surface area contributed by atoms with Crippen molar-refractivity contribution < 1.29 is 14.9 Å². The highest BCUT2D eigenvalue weighted by Gasteiger charge is 2.36. The fraction of sp³-hybridized carbons (Fsp3) is 0.714. The third-order valence-electron chi connectivity index (χ3n) is 6.30. The molecule has 5 atom stereocenters. The predicted molar refractivity (Wildman–Crippen MR) is 96.8 cm³/mol. The van der Waals surface area contributed by atoms with Crippen LogP contribution in [0.5, 0.6) is 11.5 Å². The van der Waals surface area contributed by atoms with Crippen molar-refractivity contribution in [3.05, 3.63) is 23.3 Å². The summed E-state index contributed by atoms with van der Waals surface area (Å²) in [6.45, 7) is 7.45. The van der Waals surface area contributed by atoms with Gasteiger partial charge in [-0.1, -0.05) is 40.0 Å². The molecule has 0 spiro atoms. The number of hydrogen-bond acceptors (Lipinski definition) is 3. The number of aliphatic hydroxyl groups excluding tert-OH is 1. The number of hydrogen-bond donors (Lipinski definition) is 2. The molecule has 1 aromatic rings. The molecule has 1 heterocycles. The van der Waals surface area contributed by atoms with Gasteiger partial charge < -0.3 is 14.9 Å². The van der Waals surface area contributed by atoms with Crippen LogP contribution < -0.4 is 4.74 Å². The lowest BCUT2D eigenvalue weighted by Crippen LogP contribution is -2.27. The summed E-state index contributed by atoms with van der Waals surface area (Å²) in [6.07, 6.45) is 5.85. The third kappa shape index (κ3) is 3.42. The van der Waals surface area contributed by atoms with E-state index in [2.05, 4.69) is 26.8 Å². The normalized spacial score (nSPS) is 28.9. The van der Waals surface area contributed by atoms with Crippen LogP contribution in [0.4, 0.5) is 0 Å². The first-order valence-corrected chi connectivity index (χ1v) is 9.68. The molecular formula is C21H32O3. The van der Waals surface area contributed by atoms with E-state index in [1.54, 1.807) is 0 Å². The first-order valence-electron chi connectivity index (χ1n) is 9.68. The van der Waals surface area contributed by atoms with Gasteiger partial charge in [-0.3, -0.25) is 0 Å². The van der Waals surface area contributed by atoms with Crippen LogP contribution in [0.25, 0.3) is 0 Å². The Morgan fingerprint density at radius 2 is 2.04 bits per heavy atom. The quantitative estimate of drug-likeness (QED) is 0.819. The van der Waals surface area contributed by atoms with Crippen molar-refractivity contribution in [2.24, 2.45) is 11.8 Å². The average Bonchev–Trinajstić information content (AvgIpc) is 2.74. The minimum Gasteiger partial charge on any atom is -0.508 e. The van der Waals surface area contributed by atoms with Crippen molar-refractivity contribution in [1.82, 2.24) is 0 Å². The number of phenolic OH excluding ortho intramolecular Hbond substituents is 1. The molecule has 2 aliphatic rings. The van der Waals surface area contributed by atoms with E-state index in [4.69, 9.17) is 4.74 Å². The average molecular weight is 332 g/mol.